The summed E-state index contributed by atoms with van der Waals surface area (Å²) in [5.74, 6) is -0.509. The van der Waals surface area contributed by atoms with Crippen molar-refractivity contribution in [2.75, 3.05) is 7.11 Å². The van der Waals surface area contributed by atoms with Crippen LogP contribution in [0.3, 0.4) is 0 Å². The van der Waals surface area contributed by atoms with Crippen LogP contribution in [0.1, 0.15) is 38.9 Å². The minimum atomic E-state index is -0.610. The molecule has 0 spiro atoms. The monoisotopic (exact) mass is 585 g/mol. The molecule has 0 fully saturated rings. The van der Waals surface area contributed by atoms with Crippen molar-refractivity contribution in [1.82, 2.24) is 10.4 Å². The van der Waals surface area contributed by atoms with Gasteiger partial charge in [0.2, 0.25) is 0 Å². The normalized spacial score (nSPS) is 11.1. The van der Waals surface area contributed by atoms with Gasteiger partial charge in [0, 0.05) is 27.1 Å². The van der Waals surface area contributed by atoms with Gasteiger partial charge < -0.3 is 14.5 Å². The molecule has 0 aliphatic heterocycles. The Bertz CT molecular complexity index is 1800. The molecule has 0 aliphatic rings. The summed E-state index contributed by atoms with van der Waals surface area (Å²) in [6.07, 6.45) is 2.26. The maximum absolute atomic E-state index is 13.4. The number of halogens is 2. The average molecular weight is 586 g/mol. The molecule has 7 nitrogen and oxygen atoms in total. The summed E-state index contributed by atoms with van der Waals surface area (Å²) in [4.78, 5) is 29.3. The zero-order valence-corrected chi connectivity index (χ0v) is 23.7. The minimum absolute atomic E-state index is 0.216. The number of aromatic nitrogens is 1. The zero-order chi connectivity index (χ0) is 28.9. The lowest BCUT2D eigenvalue weighted by molar-refractivity contribution is 0.0729. The number of nitrogens with zero attached hydrogens (tertiary/aromatic N) is 1. The predicted molar refractivity (Wildman–Crippen MR) is 163 cm³/mol. The third kappa shape index (κ3) is 5.82. The molecule has 1 aromatic heterocycles. The Balaban J connectivity index is 1.39. The Kier molecular flexibility index (Phi) is 8.38. The van der Waals surface area contributed by atoms with Crippen molar-refractivity contribution in [2.24, 2.45) is 5.10 Å². The summed E-state index contributed by atoms with van der Waals surface area (Å²) in [6, 6.07) is 24.9. The average Bonchev–Trinajstić information content (AvgIpc) is 3.38. The molecular formula is C32H25Cl2N3O4. The molecule has 0 unspecified atom stereocenters. The molecule has 0 bridgehead atoms. The summed E-state index contributed by atoms with van der Waals surface area (Å²) >= 11 is 12.6. The Hall–Kier alpha value is -4.59. The quantitative estimate of drug-likeness (QED) is 0.0844. The second-order valence-corrected chi connectivity index (χ2v) is 9.84. The van der Waals surface area contributed by atoms with E-state index in [-0.39, 0.29) is 16.3 Å². The topological polar surface area (TPSA) is 92.8 Å². The highest BCUT2D eigenvalue weighted by Crippen LogP contribution is 2.38. The van der Waals surface area contributed by atoms with Crippen molar-refractivity contribution < 1.29 is 19.1 Å². The van der Waals surface area contributed by atoms with E-state index in [4.69, 9.17) is 32.7 Å². The number of rotatable bonds is 8. The van der Waals surface area contributed by atoms with E-state index < -0.39 is 11.9 Å². The number of H-pyrrole nitrogens is 1. The number of benzene rings is 4. The van der Waals surface area contributed by atoms with Gasteiger partial charge in [-0.25, -0.2) is 10.2 Å². The molecule has 206 valence electrons. The van der Waals surface area contributed by atoms with Gasteiger partial charge >= 0.3 is 5.97 Å². The van der Waals surface area contributed by atoms with Gasteiger partial charge in [0.15, 0.2) is 11.5 Å². The fourth-order valence-electron chi connectivity index (χ4n) is 4.54. The summed E-state index contributed by atoms with van der Waals surface area (Å²) in [7, 11) is 1.46. The highest BCUT2D eigenvalue weighted by molar-refractivity contribution is 6.34. The van der Waals surface area contributed by atoms with Gasteiger partial charge in [0.25, 0.3) is 5.91 Å². The van der Waals surface area contributed by atoms with Crippen LogP contribution in [0.15, 0.2) is 90.0 Å². The number of hydrogen-bond acceptors (Lipinski definition) is 5. The minimum Gasteiger partial charge on any atom is -0.493 e. The second kappa shape index (κ2) is 12.3. The summed E-state index contributed by atoms with van der Waals surface area (Å²) in [5.41, 5.74) is 7.22. The van der Waals surface area contributed by atoms with Gasteiger partial charge in [-0.2, -0.15) is 5.10 Å². The van der Waals surface area contributed by atoms with E-state index in [0.29, 0.717) is 27.6 Å². The van der Waals surface area contributed by atoms with Crippen LogP contribution in [0.2, 0.25) is 10.0 Å². The molecule has 9 heteroatoms. The molecule has 4 aromatic carbocycles. The molecule has 0 saturated heterocycles. The van der Waals surface area contributed by atoms with Crippen LogP contribution in [0.25, 0.3) is 22.0 Å². The number of aromatic amines is 1. The first-order chi connectivity index (χ1) is 19.9. The van der Waals surface area contributed by atoms with E-state index in [1.165, 1.54) is 13.3 Å². The van der Waals surface area contributed by atoms with Crippen LogP contribution in [0, 0.1) is 0 Å². The maximum Gasteiger partial charge on any atom is 0.345 e. The number of para-hydroxylation sites is 1. The highest BCUT2D eigenvalue weighted by Gasteiger charge is 2.22. The molecule has 41 heavy (non-hydrogen) atoms. The molecule has 0 saturated carbocycles. The Morgan fingerprint density at radius 1 is 0.927 bits per heavy atom. The summed E-state index contributed by atoms with van der Waals surface area (Å²) in [5, 5.41) is 5.88. The molecule has 0 radical (unpaired) electrons. The third-order valence-electron chi connectivity index (χ3n) is 6.54. The van der Waals surface area contributed by atoms with Crippen molar-refractivity contribution in [2.45, 2.75) is 13.3 Å². The number of fused-ring (bicyclic) bond motifs is 1. The van der Waals surface area contributed by atoms with Gasteiger partial charge in [0.1, 0.15) is 5.69 Å². The van der Waals surface area contributed by atoms with Gasteiger partial charge in [-0.1, -0.05) is 78.7 Å². The number of ether oxygens (including phenoxy) is 2. The van der Waals surface area contributed by atoms with Crippen molar-refractivity contribution in [3.8, 4) is 22.6 Å². The Morgan fingerprint density at radius 2 is 1.68 bits per heavy atom. The molecule has 2 N–H and O–H groups in total. The number of hydrazone groups is 1. The van der Waals surface area contributed by atoms with E-state index in [2.05, 4.69) is 22.4 Å². The van der Waals surface area contributed by atoms with Crippen molar-refractivity contribution in [3.05, 3.63) is 117 Å². The van der Waals surface area contributed by atoms with Gasteiger partial charge in [-0.15, -0.1) is 0 Å². The first-order valence-corrected chi connectivity index (χ1v) is 13.5. The number of methoxy groups -OCH3 is 1. The molecule has 0 aliphatic carbocycles. The molecule has 1 heterocycles. The number of esters is 1. The van der Waals surface area contributed by atoms with Crippen LogP contribution in [0.4, 0.5) is 0 Å². The first-order valence-electron chi connectivity index (χ1n) is 12.8. The summed E-state index contributed by atoms with van der Waals surface area (Å²) in [6.45, 7) is 2.06. The van der Waals surface area contributed by atoms with Gasteiger partial charge in [-0.05, 0) is 53.9 Å². The fraction of sp³-hybridized carbons (Fsp3) is 0.0938. The summed E-state index contributed by atoms with van der Waals surface area (Å²) < 4.78 is 10.9. The predicted octanol–water partition coefficient (Wildman–Crippen LogP) is 7.70. The highest BCUT2D eigenvalue weighted by atomic mass is 35.5. The van der Waals surface area contributed by atoms with Crippen LogP contribution >= 0.6 is 23.2 Å². The zero-order valence-electron chi connectivity index (χ0n) is 22.2. The van der Waals surface area contributed by atoms with Crippen molar-refractivity contribution in [3.63, 3.8) is 0 Å². The Morgan fingerprint density at radius 3 is 2.41 bits per heavy atom. The van der Waals surface area contributed by atoms with Crippen molar-refractivity contribution in [1.29, 1.82) is 0 Å². The van der Waals surface area contributed by atoms with E-state index in [1.807, 2.05) is 36.4 Å². The van der Waals surface area contributed by atoms with Gasteiger partial charge in [0.05, 0.1) is 23.9 Å². The number of aryl methyl sites for hydroxylation is 1. The molecule has 5 aromatic rings. The lowest BCUT2D eigenvalue weighted by Gasteiger charge is -2.10. The van der Waals surface area contributed by atoms with E-state index in [1.54, 1.807) is 48.5 Å². The van der Waals surface area contributed by atoms with Crippen LogP contribution in [-0.2, 0) is 6.42 Å². The van der Waals surface area contributed by atoms with Crippen LogP contribution < -0.4 is 14.9 Å². The molecule has 5 rings (SSSR count). The van der Waals surface area contributed by atoms with E-state index >= 15 is 0 Å². The Labute approximate surface area is 246 Å². The lowest BCUT2D eigenvalue weighted by Crippen LogP contribution is -2.19. The number of nitrogens with one attached hydrogen (secondary N) is 2. The van der Waals surface area contributed by atoms with E-state index in [0.717, 1.165) is 28.5 Å². The third-order valence-corrected chi connectivity index (χ3v) is 7.19. The molecular weight excluding hydrogens is 561 g/mol. The SMILES string of the molecule is CCc1cccc2c(-c3ccccc3Cl)c(C(=O)NN=Cc3ccc(OC(=O)c4ccccc4Cl)c(OC)c3)[nH]c12. The number of hydrogen-bond donors (Lipinski definition) is 2. The smallest absolute Gasteiger partial charge is 0.345 e. The number of carbonyl (C=O) groups excluding carboxylic acids is 2. The van der Waals surface area contributed by atoms with Crippen molar-refractivity contribution >= 4 is 52.2 Å². The van der Waals surface area contributed by atoms with E-state index in [9.17, 15) is 9.59 Å². The maximum atomic E-state index is 13.4. The number of amides is 1. The first kappa shape index (κ1) is 28.0. The molecule has 1 amide bonds. The van der Waals surface area contributed by atoms with Gasteiger partial charge in [-0.3, -0.25) is 4.79 Å². The molecule has 0 atom stereocenters. The largest absolute Gasteiger partial charge is 0.493 e. The number of carbonyl (C=O) groups is 2. The second-order valence-electron chi connectivity index (χ2n) is 9.03. The fourth-order valence-corrected chi connectivity index (χ4v) is 4.98. The van der Waals surface area contributed by atoms with Crippen LogP contribution in [0.5, 0.6) is 11.5 Å². The van der Waals surface area contributed by atoms with Crippen LogP contribution in [-0.4, -0.2) is 30.2 Å². The standard InChI is InChI=1S/C32H25Cl2N3O4/c1-3-20-9-8-12-23-28(21-10-4-6-13-24(21)33)30(36-29(20)23)31(38)37-35-18-19-15-16-26(27(17-19)40-2)41-32(39)22-11-5-7-14-25(22)34/h4-18,36H,3H2,1-2H3,(H,37,38). The lowest BCUT2D eigenvalue weighted by atomic mass is 9.99.